The maximum atomic E-state index is 11.6. The van der Waals surface area contributed by atoms with Gasteiger partial charge in [0.15, 0.2) is 0 Å². The normalized spacial score (nSPS) is 17.9. The minimum atomic E-state index is -3.64. The van der Waals surface area contributed by atoms with Gasteiger partial charge < -0.3 is 4.74 Å². The Labute approximate surface area is 105 Å². The molecule has 0 saturated heterocycles. The van der Waals surface area contributed by atoms with E-state index in [4.69, 9.17) is 0 Å². The highest BCUT2D eigenvalue weighted by Crippen LogP contribution is 2.27. The van der Waals surface area contributed by atoms with Crippen molar-refractivity contribution in [3.8, 4) is 0 Å². The van der Waals surface area contributed by atoms with Crippen LogP contribution in [0.2, 0.25) is 0 Å². The van der Waals surface area contributed by atoms with E-state index in [1.807, 2.05) is 0 Å². The average molecular weight is 268 g/mol. The molecule has 2 rings (SSSR count). The Balaban J connectivity index is 2.52. The number of carbonyl (C=O) groups is 1. The highest BCUT2D eigenvalue weighted by molar-refractivity contribution is 7.89. The van der Waals surface area contributed by atoms with E-state index >= 15 is 0 Å². The number of esters is 1. The lowest BCUT2D eigenvalue weighted by Crippen LogP contribution is -2.13. The number of carbonyl (C=O) groups excluding carboxylic acids is 1. The molecule has 1 aromatic rings. The molecule has 1 heterocycles. The first-order valence-corrected chi connectivity index (χ1v) is 6.78. The molecule has 5 nitrogen and oxygen atoms in total. The molecule has 0 unspecified atom stereocenters. The van der Waals surface area contributed by atoms with Crippen LogP contribution in [0, 0.1) is 0 Å². The van der Waals surface area contributed by atoms with Crippen LogP contribution in [0.1, 0.15) is 22.3 Å². The number of methoxy groups -OCH3 is 1. The van der Waals surface area contributed by atoms with Crippen LogP contribution in [0.4, 0.5) is 0 Å². The molecule has 1 aliphatic rings. The van der Waals surface area contributed by atoms with E-state index in [9.17, 15) is 13.2 Å². The Bertz CT molecular complexity index is 601. The van der Waals surface area contributed by atoms with Crippen LogP contribution in [-0.4, -0.2) is 28.1 Å². The van der Waals surface area contributed by atoms with Gasteiger partial charge in [0.05, 0.1) is 24.7 Å². The zero-order valence-electron chi connectivity index (χ0n) is 9.75. The van der Waals surface area contributed by atoms with Gasteiger partial charge in [0, 0.05) is 0 Å². The summed E-state index contributed by atoms with van der Waals surface area (Å²) in [4.78, 5) is 11.6. The second-order valence-corrected chi connectivity index (χ2v) is 5.20. The molecule has 0 saturated carbocycles. The Hall–Kier alpha value is -1.66. The average Bonchev–Trinajstić information content (AvgIpc) is 2.36. The van der Waals surface area contributed by atoms with Crippen molar-refractivity contribution in [2.75, 3.05) is 13.7 Å². The Morgan fingerprint density at radius 1 is 1.33 bits per heavy atom. The van der Waals surface area contributed by atoms with Crippen LogP contribution in [0.5, 0.6) is 0 Å². The molecule has 96 valence electrons. The first-order chi connectivity index (χ1) is 8.53. The van der Waals surface area contributed by atoms with Crippen molar-refractivity contribution in [3.63, 3.8) is 0 Å². The van der Waals surface area contributed by atoms with E-state index in [2.05, 4.69) is 8.92 Å². The summed E-state index contributed by atoms with van der Waals surface area (Å²) >= 11 is 0. The summed E-state index contributed by atoms with van der Waals surface area (Å²) in [5.74, 6) is -0.490. The summed E-state index contributed by atoms with van der Waals surface area (Å²) in [7, 11) is -2.36. The molecule has 0 N–H and O–H groups in total. The monoisotopic (exact) mass is 268 g/mol. The number of benzene rings is 1. The molecule has 0 atom stereocenters. The van der Waals surface area contributed by atoms with Crippen LogP contribution in [0.25, 0.3) is 5.57 Å². The molecule has 0 bridgehead atoms. The fourth-order valence-corrected chi connectivity index (χ4v) is 2.76. The van der Waals surface area contributed by atoms with Crippen LogP contribution in [0.15, 0.2) is 29.7 Å². The molecule has 0 aromatic heterocycles. The second-order valence-electron chi connectivity index (χ2n) is 3.75. The number of hydrogen-bond acceptors (Lipinski definition) is 5. The fourth-order valence-electron chi connectivity index (χ4n) is 1.78. The number of rotatable bonds is 2. The highest BCUT2D eigenvalue weighted by Gasteiger charge is 2.21. The molecule has 0 aliphatic carbocycles. The maximum absolute atomic E-state index is 11.6. The molecule has 1 aromatic carbocycles. The van der Waals surface area contributed by atoms with Gasteiger partial charge in [-0.3, -0.25) is 4.18 Å². The van der Waals surface area contributed by atoms with E-state index < -0.39 is 16.1 Å². The van der Waals surface area contributed by atoms with Gasteiger partial charge in [-0.05, 0) is 23.6 Å². The topological polar surface area (TPSA) is 69.7 Å². The summed E-state index contributed by atoms with van der Waals surface area (Å²) < 4.78 is 32.0. The minimum Gasteiger partial charge on any atom is -0.465 e. The van der Waals surface area contributed by atoms with E-state index in [0.29, 0.717) is 23.1 Å². The summed E-state index contributed by atoms with van der Waals surface area (Å²) in [6.07, 6.45) is 0.438. The van der Waals surface area contributed by atoms with Crippen LogP contribution in [-0.2, 0) is 19.0 Å². The molecule has 6 heteroatoms. The van der Waals surface area contributed by atoms with E-state index in [1.54, 1.807) is 24.3 Å². The van der Waals surface area contributed by atoms with Crippen molar-refractivity contribution in [2.45, 2.75) is 6.42 Å². The van der Waals surface area contributed by atoms with Crippen molar-refractivity contribution in [3.05, 3.63) is 40.8 Å². The smallest absolute Gasteiger partial charge is 0.338 e. The lowest BCUT2D eigenvalue weighted by molar-refractivity contribution is 0.0600. The fraction of sp³-hybridized carbons (Fsp3) is 0.250. The highest BCUT2D eigenvalue weighted by atomic mass is 32.2. The van der Waals surface area contributed by atoms with E-state index in [-0.39, 0.29) is 6.61 Å². The minimum absolute atomic E-state index is 0.0870. The molecule has 0 spiro atoms. The summed E-state index contributed by atoms with van der Waals surface area (Å²) in [5.41, 5.74) is 1.47. The Morgan fingerprint density at radius 2 is 2.06 bits per heavy atom. The third-order valence-corrected chi connectivity index (χ3v) is 3.65. The molecular formula is C12H12O5S. The van der Waals surface area contributed by atoms with Gasteiger partial charge >= 0.3 is 5.97 Å². The molecule has 0 radical (unpaired) electrons. The van der Waals surface area contributed by atoms with Gasteiger partial charge in [0.25, 0.3) is 10.1 Å². The van der Waals surface area contributed by atoms with E-state index in [0.717, 1.165) is 5.41 Å². The van der Waals surface area contributed by atoms with Crippen molar-refractivity contribution in [1.82, 2.24) is 0 Å². The van der Waals surface area contributed by atoms with Gasteiger partial charge in [0.2, 0.25) is 0 Å². The maximum Gasteiger partial charge on any atom is 0.338 e. The summed E-state index contributed by atoms with van der Waals surface area (Å²) in [6, 6.07) is 6.73. The van der Waals surface area contributed by atoms with Gasteiger partial charge in [-0.25, -0.2) is 4.79 Å². The lowest BCUT2D eigenvalue weighted by Gasteiger charge is -2.15. The predicted octanol–water partition coefficient (Wildman–Crippen LogP) is 1.56. The zero-order chi connectivity index (χ0) is 13.2. The zero-order valence-corrected chi connectivity index (χ0v) is 10.6. The first kappa shape index (κ1) is 12.8. The molecular weight excluding hydrogens is 256 g/mol. The van der Waals surface area contributed by atoms with Gasteiger partial charge in [-0.2, -0.15) is 8.42 Å². The van der Waals surface area contributed by atoms with Gasteiger partial charge in [-0.1, -0.05) is 18.2 Å². The third kappa shape index (κ3) is 2.60. The SMILES string of the molecule is COC(=O)c1ccccc1C1=CS(=O)(=O)OCC1. The predicted molar refractivity (Wildman–Crippen MR) is 65.2 cm³/mol. The largest absolute Gasteiger partial charge is 0.465 e. The lowest BCUT2D eigenvalue weighted by atomic mass is 9.99. The van der Waals surface area contributed by atoms with Gasteiger partial charge in [0.1, 0.15) is 0 Å². The van der Waals surface area contributed by atoms with Crippen molar-refractivity contribution >= 4 is 21.7 Å². The standard InChI is InChI=1S/C12H12O5S/c1-16-12(13)11-5-3-2-4-10(11)9-6-7-17-18(14,15)8-9/h2-5,8H,6-7H2,1H3. The Kier molecular flexibility index (Phi) is 3.49. The Morgan fingerprint density at radius 3 is 2.72 bits per heavy atom. The van der Waals surface area contributed by atoms with Crippen molar-refractivity contribution in [2.24, 2.45) is 0 Å². The molecule has 18 heavy (non-hydrogen) atoms. The molecule has 1 aliphatic heterocycles. The molecule has 0 fully saturated rings. The summed E-state index contributed by atoms with van der Waals surface area (Å²) in [6.45, 7) is 0.0870. The number of ether oxygens (including phenoxy) is 1. The van der Waals surface area contributed by atoms with Crippen LogP contribution >= 0.6 is 0 Å². The van der Waals surface area contributed by atoms with Gasteiger partial charge in [-0.15, -0.1) is 0 Å². The van der Waals surface area contributed by atoms with Crippen molar-refractivity contribution in [1.29, 1.82) is 0 Å². The van der Waals surface area contributed by atoms with Crippen LogP contribution in [0.3, 0.4) is 0 Å². The van der Waals surface area contributed by atoms with Crippen molar-refractivity contribution < 1.29 is 22.1 Å². The third-order valence-electron chi connectivity index (χ3n) is 2.58. The summed E-state index contributed by atoms with van der Waals surface area (Å²) in [5, 5.41) is 1.05. The second kappa shape index (κ2) is 4.91. The first-order valence-electron chi connectivity index (χ1n) is 5.31. The number of hydrogen-bond donors (Lipinski definition) is 0. The van der Waals surface area contributed by atoms with Crippen LogP contribution < -0.4 is 0 Å². The van der Waals surface area contributed by atoms with E-state index in [1.165, 1.54) is 7.11 Å². The molecule has 0 amide bonds. The quantitative estimate of drug-likeness (QED) is 0.601.